The van der Waals surface area contributed by atoms with Crippen molar-refractivity contribution in [3.63, 3.8) is 0 Å². The molecule has 0 aliphatic heterocycles. The second-order valence-electron chi connectivity index (χ2n) is 3.25. The molecule has 0 atom stereocenters. The van der Waals surface area contributed by atoms with Gasteiger partial charge in [-0.2, -0.15) is 0 Å². The van der Waals surface area contributed by atoms with E-state index in [1.165, 1.54) is 0 Å². The van der Waals surface area contributed by atoms with E-state index in [9.17, 15) is 9.46 Å². The second-order valence-corrected chi connectivity index (χ2v) is 5.43. The van der Waals surface area contributed by atoms with Crippen LogP contribution in [-0.2, 0) is 4.57 Å². The van der Waals surface area contributed by atoms with Crippen LogP contribution in [0, 0.1) is 0 Å². The summed E-state index contributed by atoms with van der Waals surface area (Å²) in [6, 6.07) is 17.4. The first-order valence-corrected chi connectivity index (χ1v) is 6.31. The van der Waals surface area contributed by atoms with Crippen molar-refractivity contribution in [3.8, 4) is 0 Å². The molecule has 0 aliphatic carbocycles. The standard InChI is InChI=1S/C12H11O2P.Mg.2H/c13-15(14,11-7-3-1-4-8-11)12-9-5-2-6-10-12;;;/h1-10H,(H,13,14);;;/q;+2;2*-1. The van der Waals surface area contributed by atoms with E-state index < -0.39 is 7.37 Å². The Labute approximate surface area is 114 Å². The van der Waals surface area contributed by atoms with Crippen molar-refractivity contribution in [2.24, 2.45) is 0 Å². The molecule has 2 rings (SSSR count). The molecule has 0 aromatic heterocycles. The Kier molecular flexibility index (Phi) is 4.75. The van der Waals surface area contributed by atoms with Gasteiger partial charge in [-0.15, -0.1) is 0 Å². The maximum absolute atomic E-state index is 12.2. The predicted molar refractivity (Wildman–Crippen MR) is 70.0 cm³/mol. The predicted octanol–water partition coefficient (Wildman–Crippen LogP) is 1.75. The van der Waals surface area contributed by atoms with Crippen LogP contribution in [0.25, 0.3) is 0 Å². The van der Waals surface area contributed by atoms with Gasteiger partial charge in [-0.1, -0.05) is 36.4 Å². The SMILES string of the molecule is O=P(O)(c1ccccc1)c1ccccc1.[H-].[H-].[Mg+2]. The third-order valence-corrected chi connectivity index (χ3v) is 4.21. The Bertz CT molecular complexity index is 450. The van der Waals surface area contributed by atoms with Crippen molar-refractivity contribution < 1.29 is 12.3 Å². The second kappa shape index (κ2) is 5.64. The maximum atomic E-state index is 12.2. The summed E-state index contributed by atoms with van der Waals surface area (Å²) in [5.41, 5.74) is 0. The monoisotopic (exact) mass is 244 g/mol. The summed E-state index contributed by atoms with van der Waals surface area (Å²) in [6.07, 6.45) is 0. The Hall–Kier alpha value is -0.604. The van der Waals surface area contributed by atoms with Gasteiger partial charge in [0.05, 0.1) is 0 Å². The molecule has 0 unspecified atom stereocenters. The van der Waals surface area contributed by atoms with E-state index >= 15 is 0 Å². The van der Waals surface area contributed by atoms with Crippen molar-refractivity contribution in [3.05, 3.63) is 60.7 Å². The molecule has 4 heteroatoms. The molecule has 0 aliphatic rings. The van der Waals surface area contributed by atoms with Crippen LogP contribution in [0.3, 0.4) is 0 Å². The molecule has 1 N–H and O–H groups in total. The quantitative estimate of drug-likeness (QED) is 0.645. The van der Waals surface area contributed by atoms with Crippen molar-refractivity contribution in [1.82, 2.24) is 0 Å². The molecule has 0 amide bonds. The summed E-state index contributed by atoms with van der Waals surface area (Å²) in [5, 5.41) is 0.937. The van der Waals surface area contributed by atoms with E-state index in [4.69, 9.17) is 0 Å². The van der Waals surface area contributed by atoms with E-state index in [1.807, 2.05) is 12.1 Å². The van der Waals surface area contributed by atoms with Gasteiger partial charge in [-0.05, 0) is 24.3 Å². The summed E-state index contributed by atoms with van der Waals surface area (Å²) in [4.78, 5) is 10.0. The minimum absolute atomic E-state index is 0. The zero-order valence-corrected chi connectivity index (χ0v) is 11.1. The van der Waals surface area contributed by atoms with Gasteiger partial charge in [0.1, 0.15) is 0 Å². The Morgan fingerprint density at radius 3 is 1.44 bits per heavy atom. The fourth-order valence-corrected chi connectivity index (χ4v) is 2.86. The van der Waals surface area contributed by atoms with Gasteiger partial charge in [-0.3, -0.25) is 4.57 Å². The van der Waals surface area contributed by atoms with Gasteiger partial charge in [-0.25, -0.2) is 0 Å². The topological polar surface area (TPSA) is 37.3 Å². The first-order chi connectivity index (χ1) is 7.21. The molecule has 2 aromatic rings. The molecule has 0 heterocycles. The summed E-state index contributed by atoms with van der Waals surface area (Å²) in [5.74, 6) is 0. The molecule has 2 aromatic carbocycles. The van der Waals surface area contributed by atoms with Crippen LogP contribution in [0.4, 0.5) is 0 Å². The zero-order valence-electron chi connectivity index (χ0n) is 10.8. The molecule has 0 radical (unpaired) electrons. The van der Waals surface area contributed by atoms with Crippen LogP contribution in [-0.4, -0.2) is 27.9 Å². The zero-order chi connectivity index (χ0) is 10.7. The third-order valence-electron chi connectivity index (χ3n) is 2.21. The summed E-state index contributed by atoms with van der Waals surface area (Å²) in [6.45, 7) is 0. The van der Waals surface area contributed by atoms with Crippen LogP contribution >= 0.6 is 7.37 Å². The van der Waals surface area contributed by atoms with E-state index in [-0.39, 0.29) is 25.9 Å². The number of benzene rings is 2. The van der Waals surface area contributed by atoms with E-state index in [2.05, 4.69) is 0 Å². The van der Waals surface area contributed by atoms with Crippen LogP contribution < -0.4 is 10.6 Å². The van der Waals surface area contributed by atoms with Crippen molar-refractivity contribution in [2.75, 3.05) is 0 Å². The van der Waals surface area contributed by atoms with Gasteiger partial charge < -0.3 is 7.75 Å². The minimum atomic E-state index is -3.40. The van der Waals surface area contributed by atoms with E-state index in [0.29, 0.717) is 10.6 Å². The van der Waals surface area contributed by atoms with Crippen molar-refractivity contribution >= 4 is 41.0 Å². The average Bonchev–Trinajstić information content (AvgIpc) is 2.31. The molecule has 0 bridgehead atoms. The minimum Gasteiger partial charge on any atom is -1.00 e. The Morgan fingerprint density at radius 2 is 1.12 bits per heavy atom. The van der Waals surface area contributed by atoms with Crippen LogP contribution in [0.1, 0.15) is 2.85 Å². The Morgan fingerprint density at radius 1 is 0.812 bits per heavy atom. The van der Waals surface area contributed by atoms with Gasteiger partial charge in [0.25, 0.3) is 7.37 Å². The molecule has 0 spiro atoms. The summed E-state index contributed by atoms with van der Waals surface area (Å²) in [7, 11) is -3.40. The third kappa shape index (κ3) is 2.74. The van der Waals surface area contributed by atoms with Crippen molar-refractivity contribution in [2.45, 2.75) is 0 Å². The first kappa shape index (κ1) is 13.5. The summed E-state index contributed by atoms with van der Waals surface area (Å²) >= 11 is 0. The maximum Gasteiger partial charge on any atom is 2.00 e. The van der Waals surface area contributed by atoms with Gasteiger partial charge in [0, 0.05) is 10.6 Å². The van der Waals surface area contributed by atoms with Crippen molar-refractivity contribution in [1.29, 1.82) is 0 Å². The van der Waals surface area contributed by atoms with Crippen LogP contribution in [0.5, 0.6) is 0 Å². The molecule has 80 valence electrons. The fraction of sp³-hybridized carbons (Fsp3) is 0. The van der Waals surface area contributed by atoms with E-state index in [0.717, 1.165) is 0 Å². The summed E-state index contributed by atoms with van der Waals surface area (Å²) < 4.78 is 12.2. The first-order valence-electron chi connectivity index (χ1n) is 4.65. The normalized spacial score (nSPS) is 10.6. The molecule has 16 heavy (non-hydrogen) atoms. The van der Waals surface area contributed by atoms with Gasteiger partial charge in [0.2, 0.25) is 0 Å². The largest absolute Gasteiger partial charge is 2.00 e. The average molecular weight is 245 g/mol. The molecule has 2 nitrogen and oxygen atoms in total. The Balaban J connectivity index is 0. The van der Waals surface area contributed by atoms with E-state index in [1.54, 1.807) is 48.5 Å². The molecular formula is C12H13MgO2P. The number of hydrogen-bond acceptors (Lipinski definition) is 1. The number of hydrogen-bond donors (Lipinski definition) is 1. The fourth-order valence-electron chi connectivity index (χ4n) is 1.41. The number of rotatable bonds is 2. The molecular weight excluding hydrogens is 231 g/mol. The molecule has 0 saturated heterocycles. The van der Waals surface area contributed by atoms with Gasteiger partial charge in [0.15, 0.2) is 0 Å². The molecule has 0 fully saturated rings. The smallest absolute Gasteiger partial charge is 1.00 e. The van der Waals surface area contributed by atoms with Crippen LogP contribution in [0.2, 0.25) is 0 Å². The van der Waals surface area contributed by atoms with Gasteiger partial charge >= 0.3 is 23.1 Å². The van der Waals surface area contributed by atoms with Crippen LogP contribution in [0.15, 0.2) is 60.7 Å². The molecule has 0 saturated carbocycles.